The predicted octanol–water partition coefficient (Wildman–Crippen LogP) is 3.74. The van der Waals surface area contributed by atoms with Crippen molar-refractivity contribution in [2.75, 3.05) is 0 Å². The molecule has 2 aromatic carbocycles. The molecule has 0 fully saturated rings. The summed E-state index contributed by atoms with van der Waals surface area (Å²) in [6.45, 7) is 2.21. The number of aromatic hydroxyl groups is 1. The van der Waals surface area contributed by atoms with Crippen molar-refractivity contribution in [3.63, 3.8) is 0 Å². The summed E-state index contributed by atoms with van der Waals surface area (Å²) in [5.41, 5.74) is 2.52. The molecule has 0 spiro atoms. The molecule has 0 bridgehead atoms. The van der Waals surface area contributed by atoms with E-state index in [-0.39, 0.29) is 0 Å². The predicted molar refractivity (Wildman–Crippen MR) is 66.7 cm³/mol. The summed E-state index contributed by atoms with van der Waals surface area (Å²) >= 11 is 0. The lowest BCUT2D eigenvalue weighted by atomic mass is 9.94. The fraction of sp³-hybridized carbons (Fsp3) is 0.200. The van der Waals surface area contributed by atoms with Gasteiger partial charge in [0.2, 0.25) is 0 Å². The summed E-state index contributed by atoms with van der Waals surface area (Å²) in [6, 6.07) is 17.9. The van der Waals surface area contributed by atoms with Gasteiger partial charge >= 0.3 is 0 Å². The molecule has 16 heavy (non-hydrogen) atoms. The van der Waals surface area contributed by atoms with Gasteiger partial charge in [0.1, 0.15) is 5.75 Å². The number of phenols is 1. The zero-order chi connectivity index (χ0) is 11.4. The van der Waals surface area contributed by atoms with Crippen LogP contribution in [0.25, 0.3) is 0 Å². The minimum absolute atomic E-state index is 0.345. The molecule has 0 amide bonds. The molecule has 1 atom stereocenters. The van der Waals surface area contributed by atoms with Gasteiger partial charge in [-0.15, -0.1) is 0 Å². The van der Waals surface area contributed by atoms with Crippen molar-refractivity contribution in [1.29, 1.82) is 0 Å². The van der Waals surface area contributed by atoms with E-state index in [2.05, 4.69) is 37.3 Å². The summed E-state index contributed by atoms with van der Waals surface area (Å²) < 4.78 is 0. The maximum Gasteiger partial charge on any atom is 0.115 e. The van der Waals surface area contributed by atoms with Gasteiger partial charge in [0.25, 0.3) is 0 Å². The molecule has 0 aliphatic carbocycles. The molecule has 0 saturated carbocycles. The van der Waals surface area contributed by atoms with Gasteiger partial charge in [0.05, 0.1) is 0 Å². The van der Waals surface area contributed by atoms with Crippen molar-refractivity contribution in [2.24, 2.45) is 0 Å². The first-order chi connectivity index (χ1) is 7.75. The van der Waals surface area contributed by atoms with Crippen molar-refractivity contribution in [1.82, 2.24) is 0 Å². The Labute approximate surface area is 96.4 Å². The van der Waals surface area contributed by atoms with Gasteiger partial charge < -0.3 is 5.11 Å². The third-order valence-electron chi connectivity index (χ3n) is 2.82. The molecule has 0 aliphatic rings. The molecule has 1 heteroatoms. The number of phenolic OH excluding ortho intramolecular Hbond substituents is 1. The Balaban J connectivity index is 2.11. The van der Waals surface area contributed by atoms with Crippen LogP contribution in [0.15, 0.2) is 54.6 Å². The summed E-state index contributed by atoms with van der Waals surface area (Å²) in [4.78, 5) is 0. The first kappa shape index (κ1) is 10.7. The van der Waals surface area contributed by atoms with Crippen LogP contribution in [0.5, 0.6) is 5.75 Å². The van der Waals surface area contributed by atoms with E-state index in [1.807, 2.05) is 18.2 Å². The monoisotopic (exact) mass is 212 g/mol. The van der Waals surface area contributed by atoms with Gasteiger partial charge in [-0.25, -0.2) is 0 Å². The van der Waals surface area contributed by atoms with Crippen LogP contribution >= 0.6 is 0 Å². The number of hydrogen-bond acceptors (Lipinski definition) is 1. The Morgan fingerprint density at radius 2 is 1.75 bits per heavy atom. The molecule has 2 aromatic rings. The highest BCUT2D eigenvalue weighted by Gasteiger charge is 2.06. The minimum atomic E-state index is 0.345. The van der Waals surface area contributed by atoms with E-state index in [1.165, 1.54) is 11.1 Å². The lowest BCUT2D eigenvalue weighted by molar-refractivity contribution is 0.474. The summed E-state index contributed by atoms with van der Waals surface area (Å²) in [7, 11) is 0. The highest BCUT2D eigenvalue weighted by atomic mass is 16.3. The lowest BCUT2D eigenvalue weighted by Gasteiger charge is -2.11. The Bertz CT molecular complexity index is 448. The van der Waals surface area contributed by atoms with Crippen LogP contribution in [0.1, 0.15) is 24.0 Å². The summed E-state index contributed by atoms with van der Waals surface area (Å²) in [5, 5.41) is 9.40. The first-order valence-electron chi connectivity index (χ1n) is 5.58. The van der Waals surface area contributed by atoms with Gasteiger partial charge in [-0.05, 0) is 35.6 Å². The maximum absolute atomic E-state index is 9.40. The SMILES string of the molecule is C[C@H](Cc1cccc(O)c1)c1ccccc1. The molecule has 0 saturated heterocycles. The Kier molecular flexibility index (Phi) is 3.25. The van der Waals surface area contributed by atoms with E-state index in [1.54, 1.807) is 6.07 Å². The molecule has 0 aliphatic heterocycles. The third kappa shape index (κ3) is 2.63. The smallest absolute Gasteiger partial charge is 0.115 e. The van der Waals surface area contributed by atoms with Crippen molar-refractivity contribution < 1.29 is 5.11 Å². The van der Waals surface area contributed by atoms with E-state index in [4.69, 9.17) is 0 Å². The van der Waals surface area contributed by atoms with E-state index in [0.717, 1.165) is 6.42 Å². The maximum atomic E-state index is 9.40. The van der Waals surface area contributed by atoms with Crippen molar-refractivity contribution in [2.45, 2.75) is 19.3 Å². The highest BCUT2D eigenvalue weighted by molar-refractivity contribution is 5.29. The second-order valence-electron chi connectivity index (χ2n) is 4.19. The van der Waals surface area contributed by atoms with E-state index >= 15 is 0 Å². The lowest BCUT2D eigenvalue weighted by Crippen LogP contribution is -1.97. The topological polar surface area (TPSA) is 20.2 Å². The normalized spacial score (nSPS) is 12.3. The van der Waals surface area contributed by atoms with Crippen molar-refractivity contribution >= 4 is 0 Å². The van der Waals surface area contributed by atoms with Crippen LogP contribution in [-0.2, 0) is 6.42 Å². The van der Waals surface area contributed by atoms with Crippen LogP contribution in [-0.4, -0.2) is 5.11 Å². The standard InChI is InChI=1S/C15H16O/c1-12(14-7-3-2-4-8-14)10-13-6-5-9-15(16)11-13/h2-9,11-12,16H,10H2,1H3/t12-/m1/s1. The zero-order valence-electron chi connectivity index (χ0n) is 9.43. The van der Waals surface area contributed by atoms with Gasteiger partial charge in [0, 0.05) is 0 Å². The number of rotatable bonds is 3. The molecule has 0 radical (unpaired) electrons. The van der Waals surface area contributed by atoms with Crippen LogP contribution in [0.2, 0.25) is 0 Å². The molecular formula is C15H16O. The third-order valence-corrected chi connectivity index (χ3v) is 2.82. The van der Waals surface area contributed by atoms with E-state index in [0.29, 0.717) is 11.7 Å². The Morgan fingerprint density at radius 3 is 2.44 bits per heavy atom. The van der Waals surface area contributed by atoms with Gasteiger partial charge in [-0.3, -0.25) is 0 Å². The van der Waals surface area contributed by atoms with Gasteiger partial charge in [-0.1, -0.05) is 49.4 Å². The molecule has 82 valence electrons. The molecule has 2 rings (SSSR count). The van der Waals surface area contributed by atoms with Crippen LogP contribution in [0, 0.1) is 0 Å². The average molecular weight is 212 g/mol. The average Bonchev–Trinajstić information content (AvgIpc) is 2.30. The molecule has 0 aromatic heterocycles. The fourth-order valence-corrected chi connectivity index (χ4v) is 1.94. The molecule has 0 unspecified atom stereocenters. The summed E-state index contributed by atoms with van der Waals surface area (Å²) in [6.07, 6.45) is 0.957. The quantitative estimate of drug-likeness (QED) is 0.821. The molecule has 0 heterocycles. The number of benzene rings is 2. The number of hydrogen-bond donors (Lipinski definition) is 1. The van der Waals surface area contributed by atoms with Gasteiger partial charge in [-0.2, -0.15) is 0 Å². The summed E-state index contributed by atoms with van der Waals surface area (Å²) in [5.74, 6) is 0.820. The molecule has 1 N–H and O–H groups in total. The zero-order valence-corrected chi connectivity index (χ0v) is 9.43. The van der Waals surface area contributed by atoms with Gasteiger partial charge in [0.15, 0.2) is 0 Å². The molecule has 1 nitrogen and oxygen atoms in total. The van der Waals surface area contributed by atoms with Crippen molar-refractivity contribution in [3.05, 3.63) is 65.7 Å². The van der Waals surface area contributed by atoms with E-state index in [9.17, 15) is 5.11 Å². The van der Waals surface area contributed by atoms with Crippen molar-refractivity contribution in [3.8, 4) is 5.75 Å². The first-order valence-corrected chi connectivity index (χ1v) is 5.58. The second-order valence-corrected chi connectivity index (χ2v) is 4.19. The molecular weight excluding hydrogens is 196 g/mol. The van der Waals surface area contributed by atoms with Crippen LogP contribution in [0.3, 0.4) is 0 Å². The second kappa shape index (κ2) is 4.84. The van der Waals surface area contributed by atoms with Crippen LogP contribution in [0.4, 0.5) is 0 Å². The van der Waals surface area contributed by atoms with E-state index < -0.39 is 0 Å². The minimum Gasteiger partial charge on any atom is -0.508 e. The highest BCUT2D eigenvalue weighted by Crippen LogP contribution is 2.21. The Hall–Kier alpha value is -1.76. The fourth-order valence-electron chi connectivity index (χ4n) is 1.94. The Morgan fingerprint density at radius 1 is 1.00 bits per heavy atom. The largest absolute Gasteiger partial charge is 0.508 e. The van der Waals surface area contributed by atoms with Crippen LogP contribution < -0.4 is 0 Å².